The van der Waals surface area contributed by atoms with E-state index < -0.39 is 6.10 Å². The Bertz CT molecular complexity index is 695. The van der Waals surface area contributed by atoms with Gasteiger partial charge in [-0.2, -0.15) is 0 Å². The van der Waals surface area contributed by atoms with E-state index >= 15 is 0 Å². The van der Waals surface area contributed by atoms with Crippen LogP contribution in [0.1, 0.15) is 36.0 Å². The van der Waals surface area contributed by atoms with Crippen LogP contribution in [0.25, 0.3) is 5.69 Å². The summed E-state index contributed by atoms with van der Waals surface area (Å²) in [5.41, 5.74) is 1.49. The summed E-state index contributed by atoms with van der Waals surface area (Å²) in [6, 6.07) is 7.45. The molecule has 1 saturated carbocycles. The maximum atomic E-state index is 12.4. The second-order valence-electron chi connectivity index (χ2n) is 6.16. The maximum absolute atomic E-state index is 12.4. The quantitative estimate of drug-likeness (QED) is 0.790. The Kier molecular flexibility index (Phi) is 5.58. The highest BCUT2D eigenvalue weighted by Crippen LogP contribution is 2.27. The highest BCUT2D eigenvalue weighted by atomic mass is 32.2. The normalized spacial score (nSPS) is 16.2. The number of benzene rings is 1. The molecule has 1 aliphatic carbocycles. The lowest BCUT2D eigenvalue weighted by Crippen LogP contribution is -2.35. The summed E-state index contributed by atoms with van der Waals surface area (Å²) >= 11 is 1.56. The largest absolute Gasteiger partial charge is 0.391 e. The molecule has 2 aromatic rings. The third-order valence-electron chi connectivity index (χ3n) is 4.59. The molecule has 1 heterocycles. The van der Waals surface area contributed by atoms with E-state index in [0.29, 0.717) is 18.0 Å². The van der Waals surface area contributed by atoms with E-state index in [1.165, 1.54) is 12.8 Å². The lowest BCUT2D eigenvalue weighted by molar-refractivity contribution is 0.0840. The molecule has 1 aromatic carbocycles. The first-order valence-electron chi connectivity index (χ1n) is 8.33. The second kappa shape index (κ2) is 7.85. The molecule has 1 unspecified atom stereocenters. The Morgan fingerprint density at radius 2 is 2.25 bits per heavy atom. The summed E-state index contributed by atoms with van der Waals surface area (Å²) in [6.45, 7) is 0.314. The lowest BCUT2D eigenvalue weighted by atomic mass is 10.0. The van der Waals surface area contributed by atoms with Crippen LogP contribution in [0.4, 0.5) is 0 Å². The minimum atomic E-state index is -0.448. The predicted molar refractivity (Wildman–Crippen MR) is 95.6 cm³/mol. The van der Waals surface area contributed by atoms with Crippen LogP contribution in [-0.2, 0) is 0 Å². The van der Waals surface area contributed by atoms with Gasteiger partial charge in [-0.3, -0.25) is 9.36 Å². The number of imidazole rings is 1. The third-order valence-corrected chi connectivity index (χ3v) is 5.26. The van der Waals surface area contributed by atoms with Crippen LogP contribution < -0.4 is 5.32 Å². The fraction of sp³-hybridized carbons (Fsp3) is 0.444. The predicted octanol–water partition coefficient (Wildman–Crippen LogP) is 2.88. The standard InChI is InChI=1S/C18H23N3O2S/c1-24-18-19-9-10-21(18)15-8-4-7-14(11-15)17(23)20-12-16(22)13-5-2-3-6-13/h4,7-11,13,16,22H,2-3,5-6,12H2,1H3,(H,20,23). The number of hydrogen-bond acceptors (Lipinski definition) is 4. The van der Waals surface area contributed by atoms with E-state index in [9.17, 15) is 9.90 Å². The monoisotopic (exact) mass is 345 g/mol. The molecule has 0 aliphatic heterocycles. The Labute approximate surface area is 146 Å². The molecule has 1 atom stereocenters. The molecule has 5 nitrogen and oxygen atoms in total. The average molecular weight is 345 g/mol. The van der Waals surface area contributed by atoms with Crippen molar-refractivity contribution in [2.75, 3.05) is 12.8 Å². The fourth-order valence-corrected chi connectivity index (χ4v) is 3.77. The van der Waals surface area contributed by atoms with Crippen LogP contribution >= 0.6 is 11.8 Å². The maximum Gasteiger partial charge on any atom is 0.251 e. The van der Waals surface area contributed by atoms with E-state index in [1.807, 2.05) is 35.2 Å². The summed E-state index contributed by atoms with van der Waals surface area (Å²) in [5.74, 6) is 0.173. The Balaban J connectivity index is 1.66. The van der Waals surface area contributed by atoms with Gasteiger partial charge in [-0.15, -0.1) is 0 Å². The van der Waals surface area contributed by atoms with Crippen molar-refractivity contribution in [1.29, 1.82) is 0 Å². The summed E-state index contributed by atoms with van der Waals surface area (Å²) < 4.78 is 1.95. The molecule has 0 radical (unpaired) electrons. The number of nitrogens with one attached hydrogen (secondary N) is 1. The van der Waals surface area contributed by atoms with Crippen LogP contribution in [-0.4, -0.2) is 39.5 Å². The summed E-state index contributed by atoms with van der Waals surface area (Å²) in [4.78, 5) is 16.7. The van der Waals surface area contributed by atoms with E-state index in [0.717, 1.165) is 23.7 Å². The minimum Gasteiger partial charge on any atom is -0.391 e. The molecule has 0 spiro atoms. The number of aliphatic hydroxyl groups is 1. The molecular formula is C18H23N3O2S. The molecule has 1 fully saturated rings. The first-order chi connectivity index (χ1) is 11.7. The molecule has 0 bridgehead atoms. The average Bonchev–Trinajstić information content (AvgIpc) is 3.30. The van der Waals surface area contributed by atoms with E-state index in [2.05, 4.69) is 10.3 Å². The smallest absolute Gasteiger partial charge is 0.251 e. The number of aromatic nitrogens is 2. The van der Waals surface area contributed by atoms with E-state index in [1.54, 1.807) is 24.0 Å². The number of carbonyl (C=O) groups is 1. The highest BCUT2D eigenvalue weighted by Gasteiger charge is 2.23. The Hall–Kier alpha value is -1.79. The second-order valence-corrected chi connectivity index (χ2v) is 6.93. The van der Waals surface area contributed by atoms with Crippen molar-refractivity contribution in [2.45, 2.75) is 36.9 Å². The van der Waals surface area contributed by atoms with Crippen LogP contribution in [0.2, 0.25) is 0 Å². The van der Waals surface area contributed by atoms with Crippen LogP contribution in [0.5, 0.6) is 0 Å². The third kappa shape index (κ3) is 3.82. The summed E-state index contributed by atoms with van der Waals surface area (Å²) in [6.07, 6.45) is 9.63. The molecule has 6 heteroatoms. The summed E-state index contributed by atoms with van der Waals surface area (Å²) in [7, 11) is 0. The summed E-state index contributed by atoms with van der Waals surface area (Å²) in [5, 5.41) is 13.9. The zero-order valence-electron chi connectivity index (χ0n) is 13.8. The SMILES string of the molecule is CSc1nccn1-c1cccc(C(=O)NCC(O)C2CCCC2)c1. The number of rotatable bonds is 6. The molecule has 0 saturated heterocycles. The molecule has 24 heavy (non-hydrogen) atoms. The molecule has 1 aliphatic rings. The van der Waals surface area contributed by atoms with Crippen molar-refractivity contribution < 1.29 is 9.90 Å². The first-order valence-corrected chi connectivity index (χ1v) is 9.55. The fourth-order valence-electron chi connectivity index (χ4n) is 3.24. The molecule has 1 amide bonds. The van der Waals surface area contributed by atoms with E-state index in [4.69, 9.17) is 0 Å². The number of amides is 1. The van der Waals surface area contributed by atoms with Gasteiger partial charge in [0.15, 0.2) is 5.16 Å². The minimum absolute atomic E-state index is 0.153. The van der Waals surface area contributed by atoms with Crippen molar-refractivity contribution in [3.05, 3.63) is 42.2 Å². The molecule has 3 rings (SSSR count). The van der Waals surface area contributed by atoms with Crippen molar-refractivity contribution >= 4 is 17.7 Å². The van der Waals surface area contributed by atoms with Gasteiger partial charge in [0, 0.05) is 30.2 Å². The number of nitrogens with zero attached hydrogens (tertiary/aromatic N) is 2. The van der Waals surface area contributed by atoms with Gasteiger partial charge in [0.1, 0.15) is 0 Å². The first kappa shape index (κ1) is 17.0. The zero-order chi connectivity index (χ0) is 16.9. The van der Waals surface area contributed by atoms with Crippen LogP contribution in [0, 0.1) is 5.92 Å². The van der Waals surface area contributed by atoms with Gasteiger partial charge in [0.25, 0.3) is 5.91 Å². The lowest BCUT2D eigenvalue weighted by Gasteiger charge is -2.18. The van der Waals surface area contributed by atoms with Crippen molar-refractivity contribution in [3.63, 3.8) is 0 Å². The van der Waals surface area contributed by atoms with Gasteiger partial charge < -0.3 is 10.4 Å². The topological polar surface area (TPSA) is 67.2 Å². The van der Waals surface area contributed by atoms with Gasteiger partial charge in [0.2, 0.25) is 0 Å². The van der Waals surface area contributed by atoms with Gasteiger partial charge >= 0.3 is 0 Å². The van der Waals surface area contributed by atoms with Crippen molar-refractivity contribution in [2.24, 2.45) is 5.92 Å². The molecule has 128 valence electrons. The highest BCUT2D eigenvalue weighted by molar-refractivity contribution is 7.98. The van der Waals surface area contributed by atoms with Crippen LogP contribution in [0.15, 0.2) is 41.8 Å². The zero-order valence-corrected chi connectivity index (χ0v) is 14.6. The van der Waals surface area contributed by atoms with Gasteiger partial charge in [-0.1, -0.05) is 30.7 Å². The molecule has 2 N–H and O–H groups in total. The van der Waals surface area contributed by atoms with Gasteiger partial charge in [-0.25, -0.2) is 4.98 Å². The Morgan fingerprint density at radius 3 is 3.00 bits per heavy atom. The van der Waals surface area contributed by atoms with Gasteiger partial charge in [0.05, 0.1) is 6.10 Å². The number of carbonyl (C=O) groups excluding carboxylic acids is 1. The molecular weight excluding hydrogens is 322 g/mol. The molecule has 1 aromatic heterocycles. The number of thioether (sulfide) groups is 1. The van der Waals surface area contributed by atoms with E-state index in [-0.39, 0.29) is 5.91 Å². The number of hydrogen-bond donors (Lipinski definition) is 2. The van der Waals surface area contributed by atoms with Gasteiger partial charge in [-0.05, 0) is 43.2 Å². The van der Waals surface area contributed by atoms with Crippen molar-refractivity contribution in [3.8, 4) is 5.69 Å². The van der Waals surface area contributed by atoms with Crippen molar-refractivity contribution in [1.82, 2.24) is 14.9 Å². The Morgan fingerprint density at radius 1 is 1.46 bits per heavy atom. The van der Waals surface area contributed by atoms with Crippen LogP contribution in [0.3, 0.4) is 0 Å². The number of aliphatic hydroxyl groups excluding tert-OH is 1.